The number of carbonyl (C=O) groups excluding carboxylic acids is 6. The molecule has 0 saturated carbocycles. The Kier molecular flexibility index (Phi) is 17.0. The number of rotatable bonds is 18. The zero-order valence-corrected chi connectivity index (χ0v) is 43.3. The lowest BCUT2D eigenvalue weighted by molar-refractivity contribution is -0.133. The highest BCUT2D eigenvalue weighted by molar-refractivity contribution is 6.16. The van der Waals surface area contributed by atoms with E-state index in [1.54, 1.807) is 48.5 Å². The molecule has 1 saturated heterocycles. The van der Waals surface area contributed by atoms with Gasteiger partial charge in [0.2, 0.25) is 24.1 Å². The molecule has 0 spiro atoms. The number of aromatic nitrogens is 3. The number of amides is 6. The maximum atomic E-state index is 15.3. The van der Waals surface area contributed by atoms with Crippen LogP contribution in [0, 0.1) is 5.82 Å². The number of hydrogen-bond donors (Lipinski definition) is 2. The average molecular weight is 1080 g/mol. The Labute approximate surface area is 451 Å². The maximum absolute atomic E-state index is 15.3. The standard InChI is InChI=1S/C59H55F3N8O9/c1-36(71)70(37(2)72)52-32-41(40-11-9-10-38(28-40)31-53(61)62)33-64-55(52)57(75)63-20-26-78-27-25-69(59(77)79-35-49-44-14-5-3-12-42(44)43-13-4-6-15-45(43)49)34-54(73)67-21-23-68(24-22-67)58(76)48-29-39(18-19-50(48)60)30-51-46-16-7-8-17-47(46)56(74)66-65-51/h3-19,28-29,32-33,49,53H,20-27,30-31,34-35H2,1-2H3,(H,63,75)(H,66,74). The Balaban J connectivity index is 0.836. The van der Waals surface area contributed by atoms with E-state index in [1.165, 1.54) is 45.2 Å². The van der Waals surface area contributed by atoms with Gasteiger partial charge in [0.1, 0.15) is 19.0 Å². The van der Waals surface area contributed by atoms with Crippen molar-refractivity contribution in [2.75, 3.05) is 70.5 Å². The van der Waals surface area contributed by atoms with Crippen molar-refractivity contribution in [1.82, 2.24) is 35.2 Å². The molecule has 1 aliphatic carbocycles. The molecule has 79 heavy (non-hydrogen) atoms. The van der Waals surface area contributed by atoms with E-state index in [0.717, 1.165) is 41.0 Å². The number of carbonyl (C=O) groups is 6. The van der Waals surface area contributed by atoms with Crippen molar-refractivity contribution < 1.29 is 51.4 Å². The van der Waals surface area contributed by atoms with Crippen molar-refractivity contribution in [2.45, 2.75) is 39.0 Å². The molecule has 0 unspecified atom stereocenters. The summed E-state index contributed by atoms with van der Waals surface area (Å²) in [6, 6.07) is 34.7. The van der Waals surface area contributed by atoms with Crippen molar-refractivity contribution >= 4 is 52.1 Å². The van der Waals surface area contributed by atoms with Gasteiger partial charge in [-0.3, -0.25) is 33.7 Å². The van der Waals surface area contributed by atoms with Crippen molar-refractivity contribution in [1.29, 1.82) is 0 Å². The van der Waals surface area contributed by atoms with Crippen LogP contribution in [-0.4, -0.2) is 138 Å². The molecule has 1 fully saturated rings. The van der Waals surface area contributed by atoms with Gasteiger partial charge >= 0.3 is 6.09 Å². The van der Waals surface area contributed by atoms with Gasteiger partial charge in [-0.1, -0.05) is 97.1 Å². The summed E-state index contributed by atoms with van der Waals surface area (Å²) in [5, 5.41) is 10.5. The lowest BCUT2D eigenvalue weighted by atomic mass is 9.98. The summed E-state index contributed by atoms with van der Waals surface area (Å²) in [6.45, 7) is 1.88. The minimum absolute atomic E-state index is 0.0201. The fraction of sp³-hybridized carbons (Fsp3) is 0.271. The van der Waals surface area contributed by atoms with E-state index in [-0.39, 0.29) is 93.9 Å². The van der Waals surface area contributed by atoms with Gasteiger partial charge in [-0.15, -0.1) is 0 Å². The monoisotopic (exact) mass is 1080 g/mol. The quantitative estimate of drug-likeness (QED) is 0.0811. The first-order valence-electron chi connectivity index (χ1n) is 25.6. The van der Waals surface area contributed by atoms with Crippen molar-refractivity contribution in [2.24, 2.45) is 0 Å². The summed E-state index contributed by atoms with van der Waals surface area (Å²) < 4.78 is 53.5. The van der Waals surface area contributed by atoms with Crippen LogP contribution >= 0.6 is 0 Å². The van der Waals surface area contributed by atoms with Crippen LogP contribution in [-0.2, 0) is 36.7 Å². The molecule has 1 aliphatic heterocycles. The molecule has 0 bridgehead atoms. The van der Waals surface area contributed by atoms with E-state index < -0.39 is 60.8 Å². The van der Waals surface area contributed by atoms with Gasteiger partial charge in [-0.25, -0.2) is 32.9 Å². The number of piperazine rings is 1. The lowest BCUT2D eigenvalue weighted by Crippen LogP contribution is -2.53. The summed E-state index contributed by atoms with van der Waals surface area (Å²) >= 11 is 0. The molecule has 3 heterocycles. The number of fused-ring (bicyclic) bond motifs is 4. The van der Waals surface area contributed by atoms with E-state index in [4.69, 9.17) is 9.47 Å². The molecule has 2 N–H and O–H groups in total. The van der Waals surface area contributed by atoms with Crippen LogP contribution in [0.1, 0.15) is 68.6 Å². The number of imide groups is 1. The zero-order valence-electron chi connectivity index (χ0n) is 43.3. The Morgan fingerprint density at radius 3 is 2.13 bits per heavy atom. The molecule has 406 valence electrons. The molecular formula is C59H55F3N8O9. The van der Waals surface area contributed by atoms with E-state index in [0.29, 0.717) is 38.7 Å². The lowest BCUT2D eigenvalue weighted by Gasteiger charge is -2.36. The van der Waals surface area contributed by atoms with E-state index in [1.807, 2.05) is 48.5 Å². The molecule has 0 atom stereocenters. The number of nitrogens with zero attached hydrogens (tertiary/aromatic N) is 6. The molecule has 7 aromatic rings. The summed E-state index contributed by atoms with van der Waals surface area (Å²) in [7, 11) is 0. The summed E-state index contributed by atoms with van der Waals surface area (Å²) in [4.78, 5) is 103. The van der Waals surface area contributed by atoms with Crippen LogP contribution in [0.2, 0.25) is 0 Å². The predicted octanol–water partition coefficient (Wildman–Crippen LogP) is 7.40. The Morgan fingerprint density at radius 2 is 1.43 bits per heavy atom. The topological polar surface area (TPSA) is 205 Å². The second-order valence-corrected chi connectivity index (χ2v) is 19.1. The van der Waals surface area contributed by atoms with Gasteiger partial charge in [-0.05, 0) is 63.2 Å². The number of halogens is 3. The van der Waals surface area contributed by atoms with Gasteiger partial charge < -0.3 is 24.6 Å². The van der Waals surface area contributed by atoms with Crippen molar-refractivity contribution in [3.8, 4) is 22.3 Å². The normalized spacial score (nSPS) is 13.0. The fourth-order valence-electron chi connectivity index (χ4n) is 10.0. The SMILES string of the molecule is CC(=O)N(C(C)=O)c1cc(-c2cccc(CC(F)F)c2)cnc1C(=O)NCCOCCN(CC(=O)N1CCN(C(=O)c2cc(Cc3n[nH]c(=O)c4ccccc34)ccc2F)CC1)C(=O)OCC1c2ccccc2-c2ccccc21. The second kappa shape index (κ2) is 24.5. The predicted molar refractivity (Wildman–Crippen MR) is 287 cm³/mol. The largest absolute Gasteiger partial charge is 0.448 e. The molecule has 6 amide bonds. The molecular weight excluding hydrogens is 1020 g/mol. The first-order valence-corrected chi connectivity index (χ1v) is 25.6. The highest BCUT2D eigenvalue weighted by atomic mass is 19.3. The summed E-state index contributed by atoms with van der Waals surface area (Å²) in [6.07, 6.45) is -2.28. The van der Waals surface area contributed by atoms with E-state index in [9.17, 15) is 42.3 Å². The summed E-state index contributed by atoms with van der Waals surface area (Å²) in [5.74, 6) is -4.08. The van der Waals surface area contributed by atoms with Crippen molar-refractivity contribution in [3.05, 3.63) is 183 Å². The van der Waals surface area contributed by atoms with Crippen LogP contribution in [0.5, 0.6) is 0 Å². The number of nitrogens with one attached hydrogen (secondary N) is 2. The molecule has 2 aromatic heterocycles. The Morgan fingerprint density at radius 1 is 0.759 bits per heavy atom. The van der Waals surface area contributed by atoms with Gasteiger partial charge in [0, 0.05) is 89.0 Å². The molecule has 0 radical (unpaired) electrons. The van der Waals surface area contributed by atoms with Crippen LogP contribution in [0.4, 0.5) is 23.7 Å². The van der Waals surface area contributed by atoms with Crippen LogP contribution in [0.3, 0.4) is 0 Å². The van der Waals surface area contributed by atoms with Crippen LogP contribution in [0.15, 0.2) is 132 Å². The Bertz CT molecular complexity index is 3470. The van der Waals surface area contributed by atoms with Crippen LogP contribution in [0.25, 0.3) is 33.0 Å². The van der Waals surface area contributed by atoms with E-state index in [2.05, 4.69) is 20.5 Å². The number of ether oxygens (including phenoxy) is 2. The number of aromatic amines is 1. The average Bonchev–Trinajstić information content (AvgIpc) is 4.00. The minimum Gasteiger partial charge on any atom is -0.448 e. The first-order chi connectivity index (χ1) is 38.1. The Hall–Kier alpha value is -9.04. The summed E-state index contributed by atoms with van der Waals surface area (Å²) in [5.41, 5.74) is 5.56. The molecule has 20 heteroatoms. The molecule has 2 aliphatic rings. The third kappa shape index (κ3) is 12.6. The smallest absolute Gasteiger partial charge is 0.410 e. The third-order valence-corrected chi connectivity index (χ3v) is 13.9. The molecule has 17 nitrogen and oxygen atoms in total. The van der Waals surface area contributed by atoms with Gasteiger partial charge in [0.15, 0.2) is 5.69 Å². The van der Waals surface area contributed by atoms with Gasteiger partial charge in [-0.2, -0.15) is 5.10 Å². The van der Waals surface area contributed by atoms with Crippen LogP contribution < -0.4 is 15.8 Å². The zero-order chi connectivity index (χ0) is 55.7. The number of H-pyrrole nitrogens is 1. The highest BCUT2D eigenvalue weighted by Crippen LogP contribution is 2.44. The fourth-order valence-corrected chi connectivity index (χ4v) is 10.0. The number of pyridine rings is 1. The third-order valence-electron chi connectivity index (χ3n) is 13.9. The first kappa shape index (κ1) is 54.7. The van der Waals surface area contributed by atoms with Crippen molar-refractivity contribution in [3.63, 3.8) is 0 Å². The maximum Gasteiger partial charge on any atom is 0.410 e. The number of alkyl halides is 2. The number of hydrogen-bond acceptors (Lipinski definition) is 11. The minimum atomic E-state index is -2.58. The molecule has 9 rings (SSSR count). The highest BCUT2D eigenvalue weighted by Gasteiger charge is 2.33. The van der Waals surface area contributed by atoms with E-state index >= 15 is 4.39 Å². The molecule has 5 aromatic carbocycles. The van der Waals surface area contributed by atoms with Gasteiger partial charge in [0.25, 0.3) is 17.4 Å². The number of benzene rings is 5. The number of anilines is 1. The second-order valence-electron chi connectivity index (χ2n) is 19.1. The van der Waals surface area contributed by atoms with Gasteiger partial charge in [0.05, 0.1) is 35.5 Å².